The molecule has 1 N–H and O–H groups in total. The molecule has 0 aromatic heterocycles. The predicted molar refractivity (Wildman–Crippen MR) is 47.6 cm³/mol. The molecule has 11 heavy (non-hydrogen) atoms. The quantitative estimate of drug-likeness (QED) is 0.654. The highest BCUT2D eigenvalue weighted by atomic mass is 31.2. The molecule has 4 heteroatoms. The fraction of sp³-hybridized carbons (Fsp3) is 0.857. The van der Waals surface area contributed by atoms with Crippen molar-refractivity contribution in [3.63, 3.8) is 0 Å². The van der Waals surface area contributed by atoms with Crippen molar-refractivity contribution in [2.75, 3.05) is 26.0 Å². The van der Waals surface area contributed by atoms with Crippen molar-refractivity contribution >= 4 is 13.0 Å². The van der Waals surface area contributed by atoms with Crippen molar-refractivity contribution in [3.05, 3.63) is 0 Å². The summed E-state index contributed by atoms with van der Waals surface area (Å²) in [6, 6.07) is 0. The highest BCUT2D eigenvalue weighted by Crippen LogP contribution is 2.34. The molecule has 1 amide bonds. The van der Waals surface area contributed by atoms with Gasteiger partial charge < -0.3 is 9.88 Å². The van der Waals surface area contributed by atoms with Crippen LogP contribution >= 0.6 is 7.14 Å². The summed E-state index contributed by atoms with van der Waals surface area (Å²) in [4.78, 5) is 10.7. The standard InChI is InChI=1S/C7H16NO2P/c1-4-7(9)8-5-6-11(2,3)10/h4-6H2,1-3H3,(H,8,9). The van der Waals surface area contributed by atoms with E-state index in [9.17, 15) is 9.36 Å². The second kappa shape index (κ2) is 4.55. The highest BCUT2D eigenvalue weighted by molar-refractivity contribution is 7.62. The van der Waals surface area contributed by atoms with Gasteiger partial charge in [-0.05, 0) is 13.3 Å². The fourth-order valence-corrected chi connectivity index (χ4v) is 1.24. The number of hydrogen-bond donors (Lipinski definition) is 1. The van der Waals surface area contributed by atoms with Crippen molar-refractivity contribution in [1.82, 2.24) is 5.32 Å². The van der Waals surface area contributed by atoms with E-state index in [1.54, 1.807) is 20.3 Å². The van der Waals surface area contributed by atoms with Crippen molar-refractivity contribution in [3.8, 4) is 0 Å². The molecule has 0 aliphatic heterocycles. The van der Waals surface area contributed by atoms with Gasteiger partial charge in [0.15, 0.2) is 0 Å². The summed E-state index contributed by atoms with van der Waals surface area (Å²) in [6.45, 7) is 5.79. The maximum Gasteiger partial charge on any atom is 0.219 e. The molecule has 0 aromatic rings. The van der Waals surface area contributed by atoms with Crippen LogP contribution in [-0.4, -0.2) is 31.9 Å². The first kappa shape index (κ1) is 10.7. The van der Waals surface area contributed by atoms with Gasteiger partial charge in [0.1, 0.15) is 0 Å². The van der Waals surface area contributed by atoms with Gasteiger partial charge in [-0.1, -0.05) is 6.92 Å². The van der Waals surface area contributed by atoms with Gasteiger partial charge in [0.05, 0.1) is 7.14 Å². The second-order valence-corrected chi connectivity index (χ2v) is 6.60. The molecule has 0 bridgehead atoms. The first-order valence-corrected chi connectivity index (χ1v) is 6.55. The van der Waals surface area contributed by atoms with Gasteiger partial charge in [0.25, 0.3) is 0 Å². The number of carbonyl (C=O) groups excluding carboxylic acids is 1. The molecule has 0 aliphatic rings. The van der Waals surface area contributed by atoms with E-state index in [4.69, 9.17) is 0 Å². The van der Waals surface area contributed by atoms with Crippen molar-refractivity contribution in [2.24, 2.45) is 0 Å². The molecule has 3 nitrogen and oxygen atoms in total. The molecule has 0 aliphatic carbocycles. The minimum absolute atomic E-state index is 0.0263. The smallest absolute Gasteiger partial charge is 0.219 e. The van der Waals surface area contributed by atoms with E-state index < -0.39 is 7.14 Å². The van der Waals surface area contributed by atoms with Gasteiger partial charge in [0, 0.05) is 19.1 Å². The zero-order valence-corrected chi connectivity index (χ0v) is 8.28. The summed E-state index contributed by atoms with van der Waals surface area (Å²) in [5, 5.41) is 2.68. The molecule has 0 saturated heterocycles. The van der Waals surface area contributed by atoms with Crippen molar-refractivity contribution < 1.29 is 9.36 Å². The molecular formula is C7H16NO2P. The Bertz CT molecular complexity index is 173. The van der Waals surface area contributed by atoms with Crippen LogP contribution in [0.2, 0.25) is 0 Å². The fourth-order valence-electron chi connectivity index (χ4n) is 0.590. The van der Waals surface area contributed by atoms with Gasteiger partial charge in [-0.2, -0.15) is 0 Å². The monoisotopic (exact) mass is 177 g/mol. The summed E-state index contributed by atoms with van der Waals surface area (Å²) in [5.74, 6) is 0.0263. The van der Waals surface area contributed by atoms with Gasteiger partial charge in [-0.25, -0.2) is 0 Å². The topological polar surface area (TPSA) is 46.2 Å². The van der Waals surface area contributed by atoms with E-state index in [2.05, 4.69) is 5.32 Å². The van der Waals surface area contributed by atoms with Gasteiger partial charge in [-0.3, -0.25) is 4.79 Å². The minimum atomic E-state index is -1.95. The average molecular weight is 177 g/mol. The van der Waals surface area contributed by atoms with Crippen molar-refractivity contribution in [2.45, 2.75) is 13.3 Å². The van der Waals surface area contributed by atoms with E-state index in [0.29, 0.717) is 19.1 Å². The molecule has 0 rings (SSSR count). The molecule has 0 radical (unpaired) electrons. The van der Waals surface area contributed by atoms with E-state index >= 15 is 0 Å². The first-order valence-electron chi connectivity index (χ1n) is 3.76. The molecule has 66 valence electrons. The molecule has 0 atom stereocenters. The predicted octanol–water partition coefficient (Wildman–Crippen LogP) is 1.14. The summed E-state index contributed by atoms with van der Waals surface area (Å²) in [6.07, 6.45) is 1.09. The summed E-state index contributed by atoms with van der Waals surface area (Å²) >= 11 is 0. The van der Waals surface area contributed by atoms with Gasteiger partial charge >= 0.3 is 0 Å². The van der Waals surface area contributed by atoms with Crippen LogP contribution in [0.1, 0.15) is 13.3 Å². The Morgan fingerprint density at radius 1 is 1.45 bits per heavy atom. The summed E-state index contributed by atoms with van der Waals surface area (Å²) in [5.41, 5.74) is 0. The zero-order valence-electron chi connectivity index (χ0n) is 7.39. The van der Waals surface area contributed by atoms with Gasteiger partial charge in [-0.15, -0.1) is 0 Å². The Labute approximate surface area is 67.9 Å². The number of amides is 1. The molecule has 0 aromatic carbocycles. The third kappa shape index (κ3) is 7.60. The maximum atomic E-state index is 11.1. The van der Waals surface area contributed by atoms with Crippen LogP contribution in [0.25, 0.3) is 0 Å². The lowest BCUT2D eigenvalue weighted by Gasteiger charge is -2.06. The average Bonchev–Trinajstić information content (AvgIpc) is 1.85. The first-order chi connectivity index (χ1) is 4.95. The van der Waals surface area contributed by atoms with Crippen LogP contribution < -0.4 is 5.32 Å². The SMILES string of the molecule is CCC(=O)NCCP(C)(C)=O. The second-order valence-electron chi connectivity index (χ2n) is 3.00. The number of carbonyl (C=O) groups is 1. The lowest BCUT2D eigenvalue weighted by atomic mass is 10.4. The Kier molecular flexibility index (Phi) is 4.43. The molecule has 0 unspecified atom stereocenters. The van der Waals surface area contributed by atoms with E-state index in [-0.39, 0.29) is 5.91 Å². The molecular weight excluding hydrogens is 161 g/mol. The highest BCUT2D eigenvalue weighted by Gasteiger charge is 2.06. The number of rotatable bonds is 4. The third-order valence-corrected chi connectivity index (χ3v) is 2.59. The normalized spacial score (nSPS) is 11.2. The molecule has 0 spiro atoms. The molecule has 0 saturated carbocycles. The third-order valence-electron chi connectivity index (χ3n) is 1.29. The minimum Gasteiger partial charge on any atom is -0.356 e. The molecule has 0 heterocycles. The number of hydrogen-bond acceptors (Lipinski definition) is 2. The van der Waals surface area contributed by atoms with E-state index in [1.807, 2.05) is 0 Å². The van der Waals surface area contributed by atoms with Gasteiger partial charge in [0.2, 0.25) is 5.91 Å². The lowest BCUT2D eigenvalue weighted by Crippen LogP contribution is -2.25. The maximum absolute atomic E-state index is 11.1. The largest absolute Gasteiger partial charge is 0.356 e. The summed E-state index contributed by atoms with van der Waals surface area (Å²) in [7, 11) is -1.95. The van der Waals surface area contributed by atoms with E-state index in [0.717, 1.165) is 0 Å². The van der Waals surface area contributed by atoms with Crippen LogP contribution in [0.3, 0.4) is 0 Å². The Hall–Kier alpha value is -0.300. The van der Waals surface area contributed by atoms with Crippen molar-refractivity contribution in [1.29, 1.82) is 0 Å². The summed E-state index contributed by atoms with van der Waals surface area (Å²) < 4.78 is 11.1. The Balaban J connectivity index is 3.43. The van der Waals surface area contributed by atoms with Crippen LogP contribution in [0.15, 0.2) is 0 Å². The number of nitrogens with one attached hydrogen (secondary N) is 1. The van der Waals surface area contributed by atoms with Crippen LogP contribution in [-0.2, 0) is 9.36 Å². The van der Waals surface area contributed by atoms with Crippen LogP contribution in [0, 0.1) is 0 Å². The molecule has 0 fully saturated rings. The van der Waals surface area contributed by atoms with Crippen LogP contribution in [0.5, 0.6) is 0 Å². The Morgan fingerprint density at radius 3 is 2.36 bits per heavy atom. The van der Waals surface area contributed by atoms with E-state index in [1.165, 1.54) is 0 Å². The lowest BCUT2D eigenvalue weighted by molar-refractivity contribution is -0.120. The van der Waals surface area contributed by atoms with Crippen LogP contribution in [0.4, 0.5) is 0 Å². The Morgan fingerprint density at radius 2 is 2.00 bits per heavy atom. The zero-order chi connectivity index (χ0) is 8.91.